The molecule has 2 rings (SSSR count). The normalized spacial score (nSPS) is 9.94. The molecule has 0 saturated heterocycles. The Hall–Kier alpha value is -1.74. The van der Waals surface area contributed by atoms with Crippen molar-refractivity contribution in [3.63, 3.8) is 0 Å². The Kier molecular flexibility index (Phi) is 4.22. The van der Waals surface area contributed by atoms with Gasteiger partial charge in [0.1, 0.15) is 19.0 Å². The maximum Gasteiger partial charge on any atom is 0.213 e. The van der Waals surface area contributed by atoms with Gasteiger partial charge in [-0.05, 0) is 30.3 Å². The van der Waals surface area contributed by atoms with Crippen molar-refractivity contribution >= 4 is 11.6 Å². The zero-order valence-corrected chi connectivity index (χ0v) is 9.93. The topological polar surface area (TPSA) is 31.4 Å². The summed E-state index contributed by atoms with van der Waals surface area (Å²) in [6.45, 7) is 0.928. The number of ether oxygens (including phenoxy) is 2. The summed E-state index contributed by atoms with van der Waals surface area (Å²) in [6, 6.07) is 12.8. The van der Waals surface area contributed by atoms with E-state index in [0.29, 0.717) is 24.1 Å². The molecule has 0 aliphatic rings. The monoisotopic (exact) mass is 249 g/mol. The molecule has 3 nitrogen and oxygen atoms in total. The van der Waals surface area contributed by atoms with E-state index >= 15 is 0 Å². The van der Waals surface area contributed by atoms with E-state index in [1.54, 1.807) is 18.3 Å². The van der Waals surface area contributed by atoms with Gasteiger partial charge in [0.15, 0.2) is 0 Å². The molecule has 88 valence electrons. The van der Waals surface area contributed by atoms with Crippen molar-refractivity contribution in [1.29, 1.82) is 0 Å². The smallest absolute Gasteiger partial charge is 0.213 e. The molecule has 0 radical (unpaired) electrons. The van der Waals surface area contributed by atoms with Gasteiger partial charge in [0.05, 0.1) is 0 Å². The Morgan fingerprint density at radius 2 is 1.71 bits per heavy atom. The average Bonchev–Trinajstić information content (AvgIpc) is 2.38. The lowest BCUT2D eigenvalue weighted by Gasteiger charge is -2.07. The molecule has 0 fully saturated rings. The van der Waals surface area contributed by atoms with Gasteiger partial charge in [0.25, 0.3) is 0 Å². The summed E-state index contributed by atoms with van der Waals surface area (Å²) in [5, 5.41) is 0.696. The maximum atomic E-state index is 5.76. The summed E-state index contributed by atoms with van der Waals surface area (Å²) in [7, 11) is 0. The molecule has 1 aromatic heterocycles. The van der Waals surface area contributed by atoms with Crippen LogP contribution in [0.4, 0.5) is 0 Å². The molecule has 17 heavy (non-hydrogen) atoms. The van der Waals surface area contributed by atoms with Gasteiger partial charge in [-0.3, -0.25) is 0 Å². The van der Waals surface area contributed by atoms with E-state index in [2.05, 4.69) is 4.98 Å². The summed E-state index contributed by atoms with van der Waals surface area (Å²) >= 11 is 5.76. The predicted octanol–water partition coefficient (Wildman–Crippen LogP) is 3.19. The Morgan fingerprint density at radius 3 is 2.41 bits per heavy atom. The van der Waals surface area contributed by atoms with Crippen LogP contribution < -0.4 is 9.47 Å². The summed E-state index contributed by atoms with van der Waals surface area (Å²) in [5.74, 6) is 1.38. The number of hydrogen-bond donors (Lipinski definition) is 0. The molecule has 0 aliphatic heterocycles. The lowest BCUT2D eigenvalue weighted by Crippen LogP contribution is -2.09. The summed E-state index contributed by atoms with van der Waals surface area (Å²) in [4.78, 5) is 4.04. The summed E-state index contributed by atoms with van der Waals surface area (Å²) in [6.07, 6.45) is 1.69. The second-order valence-electron chi connectivity index (χ2n) is 3.32. The van der Waals surface area contributed by atoms with Crippen LogP contribution in [0.5, 0.6) is 11.6 Å². The second-order valence-corrected chi connectivity index (χ2v) is 3.76. The Labute approximate surface area is 105 Å². The molecular weight excluding hydrogens is 238 g/mol. The van der Waals surface area contributed by atoms with E-state index in [-0.39, 0.29) is 0 Å². The number of benzene rings is 1. The molecule has 0 amide bonds. The number of rotatable bonds is 5. The molecule has 0 unspecified atom stereocenters. The third-order valence-corrected chi connectivity index (χ3v) is 2.31. The van der Waals surface area contributed by atoms with Crippen LogP contribution in [0, 0.1) is 0 Å². The number of nitrogens with zero attached hydrogens (tertiary/aromatic N) is 1. The number of hydrogen-bond acceptors (Lipinski definition) is 3. The van der Waals surface area contributed by atoms with Crippen LogP contribution in [0.25, 0.3) is 0 Å². The minimum atomic E-state index is 0.458. The van der Waals surface area contributed by atoms with Gasteiger partial charge in [0.2, 0.25) is 5.88 Å². The van der Waals surface area contributed by atoms with Crippen molar-refractivity contribution in [2.75, 3.05) is 13.2 Å². The highest BCUT2D eigenvalue weighted by atomic mass is 35.5. The van der Waals surface area contributed by atoms with Crippen LogP contribution in [0.1, 0.15) is 0 Å². The molecule has 1 aromatic carbocycles. The lowest BCUT2D eigenvalue weighted by atomic mass is 10.3. The number of pyridine rings is 1. The first kappa shape index (κ1) is 11.7. The highest BCUT2D eigenvalue weighted by Gasteiger charge is 1.95. The van der Waals surface area contributed by atoms with E-state index in [9.17, 15) is 0 Å². The maximum absolute atomic E-state index is 5.76. The molecule has 0 aliphatic carbocycles. The fourth-order valence-electron chi connectivity index (χ4n) is 1.27. The third kappa shape index (κ3) is 3.96. The van der Waals surface area contributed by atoms with Gasteiger partial charge < -0.3 is 9.47 Å². The fourth-order valence-corrected chi connectivity index (χ4v) is 1.40. The number of aromatic nitrogens is 1. The average molecular weight is 250 g/mol. The lowest BCUT2D eigenvalue weighted by molar-refractivity contribution is 0.212. The highest BCUT2D eigenvalue weighted by Crippen LogP contribution is 2.15. The quantitative estimate of drug-likeness (QED) is 0.763. The first-order valence-electron chi connectivity index (χ1n) is 5.27. The zero-order valence-electron chi connectivity index (χ0n) is 9.17. The van der Waals surface area contributed by atoms with Crippen molar-refractivity contribution in [3.05, 3.63) is 53.7 Å². The SMILES string of the molecule is Clc1ccc(OCCOc2ccccn2)cc1. The van der Waals surface area contributed by atoms with Gasteiger partial charge in [-0.25, -0.2) is 4.98 Å². The van der Waals surface area contributed by atoms with Crippen LogP contribution >= 0.6 is 11.6 Å². The molecule has 1 heterocycles. The molecule has 0 spiro atoms. The minimum Gasteiger partial charge on any atom is -0.490 e. The van der Waals surface area contributed by atoms with Gasteiger partial charge in [-0.15, -0.1) is 0 Å². The second kappa shape index (κ2) is 6.11. The van der Waals surface area contributed by atoms with Crippen molar-refractivity contribution in [2.45, 2.75) is 0 Å². The Balaban J connectivity index is 1.71. The van der Waals surface area contributed by atoms with Crippen molar-refractivity contribution in [1.82, 2.24) is 4.98 Å². The van der Waals surface area contributed by atoms with E-state index in [0.717, 1.165) is 5.75 Å². The Morgan fingerprint density at radius 1 is 0.941 bits per heavy atom. The highest BCUT2D eigenvalue weighted by molar-refractivity contribution is 6.30. The summed E-state index contributed by atoms with van der Waals surface area (Å²) in [5.41, 5.74) is 0. The van der Waals surface area contributed by atoms with Crippen molar-refractivity contribution in [2.24, 2.45) is 0 Å². The molecule has 2 aromatic rings. The summed E-state index contributed by atoms with van der Waals surface area (Å²) < 4.78 is 10.9. The van der Waals surface area contributed by atoms with E-state index < -0.39 is 0 Å². The van der Waals surface area contributed by atoms with Crippen LogP contribution in [-0.4, -0.2) is 18.2 Å². The van der Waals surface area contributed by atoms with Gasteiger partial charge in [-0.2, -0.15) is 0 Å². The van der Waals surface area contributed by atoms with Crippen LogP contribution in [0.15, 0.2) is 48.7 Å². The fraction of sp³-hybridized carbons (Fsp3) is 0.154. The zero-order chi connectivity index (χ0) is 11.9. The van der Waals surface area contributed by atoms with Gasteiger partial charge in [-0.1, -0.05) is 17.7 Å². The van der Waals surface area contributed by atoms with Crippen LogP contribution in [0.3, 0.4) is 0 Å². The number of halogens is 1. The largest absolute Gasteiger partial charge is 0.490 e. The van der Waals surface area contributed by atoms with Crippen LogP contribution in [0.2, 0.25) is 5.02 Å². The van der Waals surface area contributed by atoms with Gasteiger partial charge in [0, 0.05) is 17.3 Å². The van der Waals surface area contributed by atoms with E-state index in [1.165, 1.54) is 0 Å². The van der Waals surface area contributed by atoms with Crippen molar-refractivity contribution < 1.29 is 9.47 Å². The molecule has 0 bridgehead atoms. The molecule has 0 N–H and O–H groups in total. The van der Waals surface area contributed by atoms with Crippen molar-refractivity contribution in [3.8, 4) is 11.6 Å². The third-order valence-electron chi connectivity index (χ3n) is 2.05. The standard InChI is InChI=1S/C13H12ClNO2/c14-11-4-6-12(7-5-11)16-9-10-17-13-3-1-2-8-15-13/h1-8H,9-10H2. The van der Waals surface area contributed by atoms with E-state index in [4.69, 9.17) is 21.1 Å². The first-order valence-corrected chi connectivity index (χ1v) is 5.64. The molecule has 4 heteroatoms. The van der Waals surface area contributed by atoms with Crippen LogP contribution in [-0.2, 0) is 0 Å². The van der Waals surface area contributed by atoms with Gasteiger partial charge >= 0.3 is 0 Å². The first-order chi connectivity index (χ1) is 8.34. The predicted molar refractivity (Wildman–Crippen MR) is 66.7 cm³/mol. The molecule has 0 saturated carbocycles. The molecular formula is C13H12ClNO2. The Bertz CT molecular complexity index is 445. The van der Waals surface area contributed by atoms with E-state index in [1.807, 2.05) is 30.3 Å². The molecule has 0 atom stereocenters. The minimum absolute atomic E-state index is 0.458.